The maximum Gasteiger partial charge on any atom is -0.00201 e. The lowest BCUT2D eigenvalue weighted by Crippen LogP contribution is -1.93. The van der Waals surface area contributed by atoms with Crippen LogP contribution in [0, 0.1) is 0 Å². The van der Waals surface area contributed by atoms with Crippen molar-refractivity contribution in [2.24, 2.45) is 0 Å². The number of hydrogen-bond donors (Lipinski definition) is 0. The summed E-state index contributed by atoms with van der Waals surface area (Å²) < 4.78 is 0. The molecule has 10 aromatic carbocycles. The first-order chi connectivity index (χ1) is 25.8. The Balaban J connectivity index is 1.22. The molecule has 10 aromatic rings. The molecule has 0 nitrogen and oxygen atoms in total. The van der Waals surface area contributed by atoms with E-state index < -0.39 is 0 Å². The minimum atomic E-state index is 1.21. The highest BCUT2D eigenvalue weighted by atomic mass is 14.2. The second kappa shape index (κ2) is 12.5. The highest BCUT2D eigenvalue weighted by molar-refractivity contribution is 6.22. The molecule has 0 saturated heterocycles. The van der Waals surface area contributed by atoms with Gasteiger partial charge < -0.3 is 0 Å². The first kappa shape index (κ1) is 30.1. The van der Waals surface area contributed by atoms with Gasteiger partial charge in [-0.3, -0.25) is 0 Å². The van der Waals surface area contributed by atoms with Crippen LogP contribution in [0.25, 0.3) is 98.7 Å². The van der Waals surface area contributed by atoms with E-state index in [2.05, 4.69) is 206 Å². The van der Waals surface area contributed by atoms with Crippen LogP contribution in [0.4, 0.5) is 0 Å². The van der Waals surface area contributed by atoms with E-state index in [0.29, 0.717) is 0 Å². The average molecular weight is 659 g/mol. The van der Waals surface area contributed by atoms with Crippen molar-refractivity contribution in [2.45, 2.75) is 0 Å². The van der Waals surface area contributed by atoms with Gasteiger partial charge >= 0.3 is 0 Å². The lowest BCUT2D eigenvalue weighted by atomic mass is 9.83. The molecule has 0 atom stereocenters. The number of rotatable bonds is 5. The minimum absolute atomic E-state index is 1.21. The smallest absolute Gasteiger partial charge is 0.00201 e. The van der Waals surface area contributed by atoms with Crippen LogP contribution >= 0.6 is 0 Å². The van der Waals surface area contributed by atoms with Crippen LogP contribution in [-0.4, -0.2) is 0 Å². The molecule has 0 fully saturated rings. The zero-order valence-corrected chi connectivity index (χ0v) is 28.6. The third-order valence-electron chi connectivity index (χ3n) is 10.6. The first-order valence-corrected chi connectivity index (χ1v) is 18.0. The normalized spacial score (nSPS) is 11.5. The Bertz CT molecular complexity index is 2900. The van der Waals surface area contributed by atoms with Crippen LogP contribution in [0.15, 0.2) is 206 Å². The van der Waals surface area contributed by atoms with Crippen LogP contribution < -0.4 is 0 Å². The van der Waals surface area contributed by atoms with Crippen molar-refractivity contribution in [3.8, 4) is 55.6 Å². The summed E-state index contributed by atoms with van der Waals surface area (Å²) in [6, 6.07) is 75.6. The van der Waals surface area contributed by atoms with Gasteiger partial charge in [0.1, 0.15) is 0 Å². The van der Waals surface area contributed by atoms with Gasteiger partial charge in [0.15, 0.2) is 0 Å². The molecule has 0 spiro atoms. The van der Waals surface area contributed by atoms with Gasteiger partial charge in [0, 0.05) is 0 Å². The van der Waals surface area contributed by atoms with E-state index in [4.69, 9.17) is 0 Å². The molecule has 0 saturated carbocycles. The van der Waals surface area contributed by atoms with E-state index in [-0.39, 0.29) is 0 Å². The Morgan fingerprint density at radius 2 is 0.596 bits per heavy atom. The zero-order chi connectivity index (χ0) is 34.4. The highest BCUT2D eigenvalue weighted by Crippen LogP contribution is 2.46. The molecule has 0 aliphatic heterocycles. The predicted octanol–water partition coefficient (Wildman–Crippen LogP) is 14.6. The van der Waals surface area contributed by atoms with E-state index in [0.717, 1.165) is 0 Å². The monoisotopic (exact) mass is 658 g/mol. The van der Waals surface area contributed by atoms with E-state index in [1.807, 2.05) is 0 Å². The number of hydrogen-bond acceptors (Lipinski definition) is 0. The third kappa shape index (κ3) is 5.08. The highest BCUT2D eigenvalue weighted by Gasteiger charge is 2.19. The van der Waals surface area contributed by atoms with Crippen LogP contribution in [0.1, 0.15) is 0 Å². The Hall–Kier alpha value is -6.76. The summed E-state index contributed by atoms with van der Waals surface area (Å²) >= 11 is 0. The van der Waals surface area contributed by atoms with Gasteiger partial charge in [-0.2, -0.15) is 0 Å². The largest absolute Gasteiger partial charge is 0.0622 e. The maximum absolute atomic E-state index is 2.40. The second-order valence-electron chi connectivity index (χ2n) is 13.6. The summed E-state index contributed by atoms with van der Waals surface area (Å²) in [6.07, 6.45) is 0. The Morgan fingerprint density at radius 1 is 0.192 bits per heavy atom. The molecule has 0 bridgehead atoms. The van der Waals surface area contributed by atoms with Crippen LogP contribution in [-0.2, 0) is 0 Å². The molecular formula is C52H34. The average Bonchev–Trinajstić information content (AvgIpc) is 3.23. The lowest BCUT2D eigenvalue weighted by Gasteiger charge is -2.20. The van der Waals surface area contributed by atoms with E-state index >= 15 is 0 Å². The molecule has 0 aliphatic carbocycles. The standard InChI is InChI=1S/C52H34/c1-4-14-35(15-5-1)40-28-30-45-43-21-11-10-20-42(43)34-48(49(45)32-40)37-24-26-39(27-25-37)52-50-33-41(36-16-6-2-7-17-36)29-31-46(50)44-22-12-13-23-47(44)51(52)38-18-8-3-9-19-38/h1-34H. The molecular weight excluding hydrogens is 625 g/mol. The molecule has 10 rings (SSSR count). The topological polar surface area (TPSA) is 0 Å². The summed E-state index contributed by atoms with van der Waals surface area (Å²) in [4.78, 5) is 0. The Morgan fingerprint density at radius 3 is 1.23 bits per heavy atom. The van der Waals surface area contributed by atoms with Gasteiger partial charge in [-0.15, -0.1) is 0 Å². The second-order valence-corrected chi connectivity index (χ2v) is 13.6. The van der Waals surface area contributed by atoms with Gasteiger partial charge in [-0.25, -0.2) is 0 Å². The third-order valence-corrected chi connectivity index (χ3v) is 10.6. The molecule has 0 amide bonds. The van der Waals surface area contributed by atoms with E-state index in [1.165, 1.54) is 98.7 Å². The molecule has 0 unspecified atom stereocenters. The molecule has 0 N–H and O–H groups in total. The summed E-state index contributed by atoms with van der Waals surface area (Å²) in [6.45, 7) is 0. The zero-order valence-electron chi connectivity index (χ0n) is 28.6. The van der Waals surface area contributed by atoms with Crippen molar-refractivity contribution >= 4 is 43.1 Å². The van der Waals surface area contributed by atoms with Crippen LogP contribution in [0.2, 0.25) is 0 Å². The Kier molecular flexibility index (Phi) is 7.25. The van der Waals surface area contributed by atoms with Gasteiger partial charge in [-0.05, 0) is 117 Å². The predicted molar refractivity (Wildman–Crippen MR) is 224 cm³/mol. The van der Waals surface area contributed by atoms with Gasteiger partial charge in [0.05, 0.1) is 0 Å². The van der Waals surface area contributed by atoms with Gasteiger partial charge in [0.25, 0.3) is 0 Å². The van der Waals surface area contributed by atoms with E-state index in [1.54, 1.807) is 0 Å². The fourth-order valence-corrected chi connectivity index (χ4v) is 8.17. The summed E-state index contributed by atoms with van der Waals surface area (Å²) in [5.74, 6) is 0. The maximum atomic E-state index is 2.40. The van der Waals surface area contributed by atoms with Crippen molar-refractivity contribution in [3.05, 3.63) is 206 Å². The number of benzene rings is 10. The van der Waals surface area contributed by atoms with Crippen molar-refractivity contribution in [1.82, 2.24) is 0 Å². The van der Waals surface area contributed by atoms with Crippen molar-refractivity contribution in [3.63, 3.8) is 0 Å². The van der Waals surface area contributed by atoms with Gasteiger partial charge in [0.2, 0.25) is 0 Å². The SMILES string of the molecule is c1ccc(-c2ccc3c(c2)c(-c2ccc(-c4c(-c5ccccc5)c5ccccc5c5ccc(-c6ccccc6)cc45)cc2)cc2ccccc23)cc1. The summed E-state index contributed by atoms with van der Waals surface area (Å²) in [7, 11) is 0. The fourth-order valence-electron chi connectivity index (χ4n) is 8.17. The lowest BCUT2D eigenvalue weighted by molar-refractivity contribution is 1.61. The number of fused-ring (bicyclic) bond motifs is 6. The van der Waals surface area contributed by atoms with E-state index in [9.17, 15) is 0 Å². The van der Waals surface area contributed by atoms with Crippen molar-refractivity contribution in [2.75, 3.05) is 0 Å². The van der Waals surface area contributed by atoms with Gasteiger partial charge in [-0.1, -0.05) is 188 Å². The van der Waals surface area contributed by atoms with Crippen LogP contribution in [0.3, 0.4) is 0 Å². The molecule has 0 aliphatic rings. The molecule has 0 heterocycles. The molecule has 0 heteroatoms. The Labute approximate surface area is 303 Å². The summed E-state index contributed by atoms with van der Waals surface area (Å²) in [5.41, 5.74) is 12.3. The fraction of sp³-hybridized carbons (Fsp3) is 0. The molecule has 52 heavy (non-hydrogen) atoms. The molecule has 0 radical (unpaired) electrons. The van der Waals surface area contributed by atoms with Crippen molar-refractivity contribution < 1.29 is 0 Å². The quantitative estimate of drug-likeness (QED) is 0.161. The minimum Gasteiger partial charge on any atom is -0.0622 e. The molecule has 0 aromatic heterocycles. The van der Waals surface area contributed by atoms with Crippen LogP contribution in [0.5, 0.6) is 0 Å². The first-order valence-electron chi connectivity index (χ1n) is 18.0. The molecule has 242 valence electrons. The summed E-state index contributed by atoms with van der Waals surface area (Å²) in [5, 5.41) is 10.1. The van der Waals surface area contributed by atoms with Crippen molar-refractivity contribution in [1.29, 1.82) is 0 Å².